The molecule has 0 aromatic heterocycles. The number of fused-ring (bicyclic) bond motifs is 1. The average Bonchev–Trinajstić information content (AvgIpc) is 2.92. The van der Waals surface area contributed by atoms with Crippen molar-refractivity contribution in [3.63, 3.8) is 0 Å². The fraction of sp³-hybridized carbons (Fsp3) is 0.150. The first-order valence-corrected chi connectivity index (χ1v) is 7.93. The van der Waals surface area contributed by atoms with Gasteiger partial charge in [-0.3, -0.25) is 14.4 Å². The number of ketones is 1. The van der Waals surface area contributed by atoms with Gasteiger partial charge in [-0.25, -0.2) is 4.90 Å². The van der Waals surface area contributed by atoms with Crippen molar-refractivity contribution in [2.45, 2.75) is 13.8 Å². The first kappa shape index (κ1) is 17.4. The summed E-state index contributed by atoms with van der Waals surface area (Å²) < 4.78 is 5.15. The van der Waals surface area contributed by atoms with Crippen molar-refractivity contribution in [3.05, 3.63) is 59.2 Å². The van der Waals surface area contributed by atoms with E-state index in [0.29, 0.717) is 28.1 Å². The maximum Gasteiger partial charge on any atom is 0.269 e. The minimum absolute atomic E-state index is 0.0217. The molecule has 0 radical (unpaired) electrons. The quantitative estimate of drug-likeness (QED) is 0.521. The molecule has 3 rings (SSSR count). The average molecular weight is 351 g/mol. The Morgan fingerprint density at radius 2 is 1.77 bits per heavy atom. The molecule has 0 atom stereocenters. The molecule has 0 unspecified atom stereocenters. The van der Waals surface area contributed by atoms with Gasteiger partial charge in [-0.05, 0) is 37.3 Å². The molecule has 1 aliphatic rings. The van der Waals surface area contributed by atoms with Crippen LogP contribution in [0.4, 0.5) is 5.69 Å². The number of anilines is 1. The highest BCUT2D eigenvalue weighted by molar-refractivity contribution is 6.42. The van der Waals surface area contributed by atoms with Crippen LogP contribution in [-0.4, -0.2) is 29.8 Å². The van der Waals surface area contributed by atoms with E-state index in [0.717, 1.165) is 4.90 Å². The Morgan fingerprint density at radius 1 is 1.04 bits per heavy atom. The van der Waals surface area contributed by atoms with Gasteiger partial charge < -0.3 is 9.84 Å². The second-order valence-electron chi connectivity index (χ2n) is 5.90. The van der Waals surface area contributed by atoms with E-state index < -0.39 is 11.8 Å². The molecule has 0 saturated carbocycles. The normalized spacial score (nSPS) is 14.9. The number of carbonyl (C=O) groups is 3. The van der Waals surface area contributed by atoms with E-state index in [1.54, 1.807) is 30.3 Å². The maximum atomic E-state index is 12.8. The predicted molar refractivity (Wildman–Crippen MR) is 97.1 cm³/mol. The van der Waals surface area contributed by atoms with E-state index in [1.165, 1.54) is 33.1 Å². The molecular formula is C20H17NO5. The first-order chi connectivity index (χ1) is 12.3. The molecule has 0 saturated heterocycles. The topological polar surface area (TPSA) is 83.9 Å². The molecule has 2 aromatic carbocycles. The number of ether oxygens (including phenoxy) is 1. The van der Waals surface area contributed by atoms with Crippen LogP contribution in [0.1, 0.15) is 35.3 Å². The van der Waals surface area contributed by atoms with Gasteiger partial charge in [0.2, 0.25) is 5.91 Å². The van der Waals surface area contributed by atoms with Crippen molar-refractivity contribution in [3.8, 4) is 5.75 Å². The molecule has 1 heterocycles. The van der Waals surface area contributed by atoms with E-state index in [2.05, 4.69) is 0 Å². The van der Waals surface area contributed by atoms with Gasteiger partial charge in [0.1, 0.15) is 11.5 Å². The van der Waals surface area contributed by atoms with Gasteiger partial charge in [-0.2, -0.15) is 0 Å². The van der Waals surface area contributed by atoms with Crippen molar-refractivity contribution in [2.24, 2.45) is 0 Å². The molecule has 1 aliphatic heterocycles. The lowest BCUT2D eigenvalue weighted by atomic mass is 9.99. The standard InChI is InChI=1S/C20H17NO5/c1-11(22)13-7-8-17-16(10-13)18(20(25)21(17)12(2)23)19(24)14-5-4-6-15(9-14)26-3/h4-10,24H,1-3H3/b19-18-. The van der Waals surface area contributed by atoms with E-state index in [4.69, 9.17) is 4.74 Å². The van der Waals surface area contributed by atoms with Crippen LogP contribution in [0.5, 0.6) is 5.75 Å². The van der Waals surface area contributed by atoms with Gasteiger partial charge in [0.15, 0.2) is 5.78 Å². The Morgan fingerprint density at radius 3 is 2.38 bits per heavy atom. The Kier molecular flexibility index (Phi) is 4.34. The Labute approximate surface area is 150 Å². The summed E-state index contributed by atoms with van der Waals surface area (Å²) in [5.41, 5.74) is 1.43. The van der Waals surface area contributed by atoms with Crippen LogP contribution in [0.15, 0.2) is 42.5 Å². The van der Waals surface area contributed by atoms with Gasteiger partial charge in [-0.1, -0.05) is 12.1 Å². The molecule has 0 aliphatic carbocycles. The third-order valence-corrected chi connectivity index (χ3v) is 4.23. The SMILES string of the molecule is COc1cccc(/C(O)=C2/C(=O)N(C(C)=O)c3ccc(C(C)=O)cc32)c1. The molecule has 26 heavy (non-hydrogen) atoms. The largest absolute Gasteiger partial charge is 0.506 e. The van der Waals surface area contributed by atoms with Gasteiger partial charge in [0.05, 0.1) is 18.4 Å². The van der Waals surface area contributed by atoms with Gasteiger partial charge in [-0.15, -0.1) is 0 Å². The molecule has 0 bridgehead atoms. The van der Waals surface area contributed by atoms with Gasteiger partial charge in [0, 0.05) is 23.6 Å². The molecule has 1 N–H and O–H groups in total. The zero-order valence-electron chi connectivity index (χ0n) is 14.6. The molecule has 132 valence electrons. The van der Waals surface area contributed by atoms with Crippen LogP contribution < -0.4 is 9.64 Å². The summed E-state index contributed by atoms with van der Waals surface area (Å²) in [7, 11) is 1.50. The van der Waals surface area contributed by atoms with E-state index in [1.807, 2.05) is 0 Å². The van der Waals surface area contributed by atoms with Gasteiger partial charge in [0.25, 0.3) is 5.91 Å². The van der Waals surface area contributed by atoms with Crippen LogP contribution in [0.2, 0.25) is 0 Å². The number of aliphatic hydroxyl groups is 1. The minimum Gasteiger partial charge on any atom is -0.506 e. The fourth-order valence-electron chi connectivity index (χ4n) is 2.94. The fourth-order valence-corrected chi connectivity index (χ4v) is 2.94. The summed E-state index contributed by atoms with van der Waals surface area (Å²) in [6.45, 7) is 2.68. The predicted octanol–water partition coefficient (Wildman–Crippen LogP) is 3.22. The number of hydrogen-bond donors (Lipinski definition) is 1. The number of carbonyl (C=O) groups excluding carboxylic acids is 3. The minimum atomic E-state index is -0.631. The Bertz CT molecular complexity index is 974. The summed E-state index contributed by atoms with van der Waals surface area (Å²) in [6.07, 6.45) is 0. The molecule has 2 amide bonds. The molecule has 2 aromatic rings. The Balaban J connectivity index is 2.27. The number of imide groups is 1. The van der Waals surface area contributed by atoms with Crippen LogP contribution in [0, 0.1) is 0 Å². The van der Waals surface area contributed by atoms with E-state index in [9.17, 15) is 19.5 Å². The number of benzene rings is 2. The number of aliphatic hydroxyl groups excluding tert-OH is 1. The highest BCUT2D eigenvalue weighted by Gasteiger charge is 2.38. The van der Waals surface area contributed by atoms with Crippen molar-refractivity contribution in [2.75, 3.05) is 12.0 Å². The van der Waals surface area contributed by atoms with Crippen LogP contribution >= 0.6 is 0 Å². The summed E-state index contributed by atoms with van der Waals surface area (Å²) in [5, 5.41) is 10.8. The van der Waals surface area contributed by atoms with Crippen molar-refractivity contribution in [1.82, 2.24) is 0 Å². The number of rotatable bonds is 3. The number of hydrogen-bond acceptors (Lipinski definition) is 5. The number of Topliss-reactive ketones (excluding diaryl/α,β-unsaturated/α-hetero) is 1. The summed E-state index contributed by atoms with van der Waals surface area (Å²) >= 11 is 0. The number of nitrogens with zero attached hydrogens (tertiary/aromatic N) is 1. The maximum absolute atomic E-state index is 12.8. The number of methoxy groups -OCH3 is 1. The molecular weight excluding hydrogens is 334 g/mol. The Hall–Kier alpha value is -3.41. The molecule has 0 fully saturated rings. The second kappa shape index (κ2) is 6.48. The lowest BCUT2D eigenvalue weighted by molar-refractivity contribution is -0.122. The number of amides is 2. The first-order valence-electron chi connectivity index (χ1n) is 7.93. The van der Waals surface area contributed by atoms with Crippen LogP contribution in [0.3, 0.4) is 0 Å². The zero-order chi connectivity index (χ0) is 19.0. The highest BCUT2D eigenvalue weighted by atomic mass is 16.5. The van der Waals surface area contributed by atoms with E-state index >= 15 is 0 Å². The molecule has 6 heteroatoms. The smallest absolute Gasteiger partial charge is 0.269 e. The highest BCUT2D eigenvalue weighted by Crippen LogP contribution is 2.41. The van der Waals surface area contributed by atoms with Crippen LogP contribution in [-0.2, 0) is 9.59 Å². The second-order valence-corrected chi connectivity index (χ2v) is 5.90. The summed E-state index contributed by atoms with van der Waals surface area (Å²) in [6, 6.07) is 11.2. The monoisotopic (exact) mass is 351 g/mol. The molecule has 6 nitrogen and oxygen atoms in total. The summed E-state index contributed by atoms with van der Waals surface area (Å²) in [4.78, 5) is 37.5. The van der Waals surface area contributed by atoms with Crippen molar-refractivity contribution in [1.29, 1.82) is 0 Å². The lowest BCUT2D eigenvalue weighted by Gasteiger charge is -2.12. The van der Waals surface area contributed by atoms with Crippen LogP contribution in [0.25, 0.3) is 11.3 Å². The van der Waals surface area contributed by atoms with Crippen molar-refractivity contribution >= 4 is 34.6 Å². The van der Waals surface area contributed by atoms with Crippen molar-refractivity contribution < 1.29 is 24.2 Å². The zero-order valence-corrected chi connectivity index (χ0v) is 14.6. The van der Waals surface area contributed by atoms with Gasteiger partial charge >= 0.3 is 0 Å². The van der Waals surface area contributed by atoms with E-state index in [-0.39, 0.29) is 17.1 Å². The third-order valence-electron chi connectivity index (χ3n) is 4.23. The lowest BCUT2D eigenvalue weighted by Crippen LogP contribution is -2.31. The third kappa shape index (κ3) is 2.75. The molecule has 0 spiro atoms. The summed E-state index contributed by atoms with van der Waals surface area (Å²) in [5.74, 6) is -1.05.